The van der Waals surface area contributed by atoms with Crippen LogP contribution in [0.5, 0.6) is 5.75 Å². The maximum atomic E-state index is 12.2. The monoisotopic (exact) mass is 449 g/mol. The maximum Gasteiger partial charge on any atom is 0.290 e. The number of imide groups is 1. The summed E-state index contributed by atoms with van der Waals surface area (Å²) in [5.74, 6) is 0.435. The molecule has 0 atom stereocenters. The lowest BCUT2D eigenvalue weighted by atomic mass is 9.62. The van der Waals surface area contributed by atoms with Gasteiger partial charge in [-0.3, -0.25) is 14.9 Å². The van der Waals surface area contributed by atoms with Gasteiger partial charge in [0.2, 0.25) is 0 Å². The molecular formula is C27H31NO3S. The second kappa shape index (κ2) is 8.11. The molecule has 1 heterocycles. The Kier molecular flexibility index (Phi) is 5.74. The molecule has 0 spiro atoms. The molecule has 5 heteroatoms. The number of ether oxygens (including phenoxy) is 1. The normalized spacial score (nSPS) is 20.2. The van der Waals surface area contributed by atoms with E-state index in [1.54, 1.807) is 6.08 Å². The third-order valence-electron chi connectivity index (χ3n) is 6.75. The average molecular weight is 450 g/mol. The molecular weight excluding hydrogens is 418 g/mol. The van der Waals surface area contributed by atoms with Crippen LogP contribution in [0.3, 0.4) is 0 Å². The molecule has 0 bridgehead atoms. The molecule has 1 fully saturated rings. The van der Waals surface area contributed by atoms with Gasteiger partial charge in [0.1, 0.15) is 5.75 Å². The molecule has 4 nitrogen and oxygen atoms in total. The molecule has 4 rings (SSSR count). The fourth-order valence-corrected chi connectivity index (χ4v) is 5.46. The van der Waals surface area contributed by atoms with E-state index in [4.69, 9.17) is 4.74 Å². The van der Waals surface area contributed by atoms with Crippen LogP contribution in [0.4, 0.5) is 4.79 Å². The Labute approximate surface area is 194 Å². The van der Waals surface area contributed by atoms with Gasteiger partial charge in [0, 0.05) is 5.56 Å². The van der Waals surface area contributed by atoms with E-state index in [0.29, 0.717) is 11.5 Å². The minimum atomic E-state index is -0.349. The third-order valence-corrected chi connectivity index (χ3v) is 7.56. The summed E-state index contributed by atoms with van der Waals surface area (Å²) in [5.41, 5.74) is 7.15. The van der Waals surface area contributed by atoms with Crippen LogP contribution in [0.2, 0.25) is 0 Å². The number of benzene rings is 2. The first kappa shape index (κ1) is 22.7. The fourth-order valence-electron chi connectivity index (χ4n) is 4.79. The summed E-state index contributed by atoms with van der Waals surface area (Å²) in [6, 6.07) is 10.6. The van der Waals surface area contributed by atoms with Crippen molar-refractivity contribution in [1.82, 2.24) is 5.32 Å². The zero-order valence-corrected chi connectivity index (χ0v) is 20.5. The molecule has 0 unspecified atom stereocenters. The first-order chi connectivity index (χ1) is 15.0. The van der Waals surface area contributed by atoms with Gasteiger partial charge < -0.3 is 4.74 Å². The van der Waals surface area contributed by atoms with Gasteiger partial charge in [-0.05, 0) is 95.3 Å². The molecule has 2 aliphatic rings. The highest BCUT2D eigenvalue weighted by Crippen LogP contribution is 2.49. The average Bonchev–Trinajstić information content (AvgIpc) is 3.03. The highest BCUT2D eigenvalue weighted by atomic mass is 32.2. The number of hydrogen-bond acceptors (Lipinski definition) is 4. The second-order valence-electron chi connectivity index (χ2n) is 9.99. The molecule has 2 aromatic rings. The Hall–Kier alpha value is -2.53. The molecule has 0 radical (unpaired) electrons. The summed E-state index contributed by atoms with van der Waals surface area (Å²) in [6.07, 6.45) is 4.11. The summed E-state index contributed by atoms with van der Waals surface area (Å²) in [6.45, 7) is 14.0. The number of carbonyl (C=O) groups excluding carboxylic acids is 2. The number of thioether (sulfide) groups is 1. The van der Waals surface area contributed by atoms with Crippen LogP contribution in [0, 0.1) is 6.92 Å². The van der Waals surface area contributed by atoms with Gasteiger partial charge in [-0.15, -0.1) is 0 Å². The zero-order valence-electron chi connectivity index (χ0n) is 19.7. The molecule has 0 saturated carbocycles. The number of hydrogen-bond donors (Lipinski definition) is 1. The van der Waals surface area contributed by atoms with Crippen LogP contribution in [-0.2, 0) is 15.6 Å². The van der Waals surface area contributed by atoms with Crippen molar-refractivity contribution in [2.24, 2.45) is 0 Å². The molecule has 168 valence electrons. The summed E-state index contributed by atoms with van der Waals surface area (Å²) in [4.78, 5) is 24.3. The maximum absolute atomic E-state index is 12.2. The molecule has 2 aromatic carbocycles. The second-order valence-corrected chi connectivity index (χ2v) is 11.0. The van der Waals surface area contributed by atoms with Gasteiger partial charge in [0.15, 0.2) is 0 Å². The lowest BCUT2D eigenvalue weighted by Crippen LogP contribution is -2.34. The lowest BCUT2D eigenvalue weighted by Gasteiger charge is -2.42. The Morgan fingerprint density at radius 2 is 1.72 bits per heavy atom. The Balaban J connectivity index is 1.97. The zero-order chi connectivity index (χ0) is 23.3. The van der Waals surface area contributed by atoms with Gasteiger partial charge in [-0.25, -0.2) is 0 Å². The van der Waals surface area contributed by atoms with E-state index in [0.717, 1.165) is 40.6 Å². The van der Waals surface area contributed by atoms with E-state index in [1.807, 2.05) is 25.1 Å². The van der Waals surface area contributed by atoms with Crippen LogP contribution in [0.15, 0.2) is 35.2 Å². The van der Waals surface area contributed by atoms with Gasteiger partial charge in [0.05, 0.1) is 11.5 Å². The molecule has 32 heavy (non-hydrogen) atoms. The van der Waals surface area contributed by atoms with Crippen LogP contribution >= 0.6 is 11.8 Å². The minimum Gasteiger partial charge on any atom is -0.493 e. The van der Waals surface area contributed by atoms with Crippen molar-refractivity contribution < 1.29 is 14.3 Å². The third kappa shape index (κ3) is 3.99. The lowest BCUT2D eigenvalue weighted by molar-refractivity contribution is -0.115. The molecule has 1 saturated heterocycles. The highest BCUT2D eigenvalue weighted by molar-refractivity contribution is 8.18. The van der Waals surface area contributed by atoms with E-state index in [2.05, 4.69) is 52.1 Å². The Morgan fingerprint density at radius 1 is 1.06 bits per heavy atom. The van der Waals surface area contributed by atoms with Gasteiger partial charge in [-0.1, -0.05) is 45.9 Å². The van der Waals surface area contributed by atoms with E-state index >= 15 is 0 Å². The smallest absolute Gasteiger partial charge is 0.290 e. The van der Waals surface area contributed by atoms with E-state index < -0.39 is 0 Å². The summed E-state index contributed by atoms with van der Waals surface area (Å²) in [5, 5.41) is 2.01. The highest BCUT2D eigenvalue weighted by Gasteiger charge is 2.37. The van der Waals surface area contributed by atoms with Crippen LogP contribution < -0.4 is 10.1 Å². The number of carbonyl (C=O) groups is 2. The van der Waals surface area contributed by atoms with Crippen molar-refractivity contribution in [1.29, 1.82) is 0 Å². The largest absolute Gasteiger partial charge is 0.493 e. The number of aryl methyl sites for hydroxylation is 1. The fraction of sp³-hybridized carbons (Fsp3) is 0.407. The molecule has 1 aliphatic heterocycles. The molecule has 1 aliphatic carbocycles. The van der Waals surface area contributed by atoms with Gasteiger partial charge in [0.25, 0.3) is 11.1 Å². The van der Waals surface area contributed by atoms with Crippen molar-refractivity contribution in [2.45, 2.75) is 65.2 Å². The van der Waals surface area contributed by atoms with Crippen molar-refractivity contribution in [3.8, 4) is 16.9 Å². The van der Waals surface area contributed by atoms with Crippen LogP contribution in [0.1, 0.15) is 69.7 Å². The molecule has 1 N–H and O–H groups in total. The molecule has 0 aromatic heterocycles. The summed E-state index contributed by atoms with van der Waals surface area (Å²) in [7, 11) is 0. The van der Waals surface area contributed by atoms with Crippen molar-refractivity contribution in [3.63, 3.8) is 0 Å². The van der Waals surface area contributed by atoms with Crippen LogP contribution in [0.25, 0.3) is 17.2 Å². The predicted octanol–water partition coefficient (Wildman–Crippen LogP) is 6.73. The topological polar surface area (TPSA) is 55.4 Å². The SMILES string of the molecule is CCOc1cccc(/C=C2/SC(=O)NC2=O)c1-c1cc2c(cc1C)C(C)(C)CCC2(C)C. The van der Waals surface area contributed by atoms with Gasteiger partial charge >= 0.3 is 0 Å². The number of nitrogens with one attached hydrogen (secondary N) is 1. The van der Waals surface area contributed by atoms with Crippen molar-refractivity contribution in [2.75, 3.05) is 6.61 Å². The first-order valence-electron chi connectivity index (χ1n) is 11.2. The van der Waals surface area contributed by atoms with E-state index in [-0.39, 0.29) is 22.0 Å². The van der Waals surface area contributed by atoms with E-state index in [1.165, 1.54) is 23.1 Å². The Morgan fingerprint density at radius 3 is 2.31 bits per heavy atom. The molecule has 2 amide bonds. The van der Waals surface area contributed by atoms with Gasteiger partial charge in [-0.2, -0.15) is 0 Å². The number of rotatable bonds is 4. The number of amides is 2. The van der Waals surface area contributed by atoms with E-state index in [9.17, 15) is 9.59 Å². The predicted molar refractivity (Wildman–Crippen MR) is 132 cm³/mol. The number of fused-ring (bicyclic) bond motifs is 1. The minimum absolute atomic E-state index is 0.0834. The van der Waals surface area contributed by atoms with Crippen molar-refractivity contribution >= 4 is 29.0 Å². The summed E-state index contributed by atoms with van der Waals surface area (Å²) >= 11 is 0.939. The standard InChI is InChI=1S/C27H31NO3S/c1-7-31-21-10-8-9-17(14-22-24(29)28-25(30)32-22)23(21)18-15-20-19(13-16(18)2)26(3,4)11-12-27(20,5)6/h8-10,13-15H,7,11-12H2,1-6H3,(H,28,29,30)/b22-14+. The Bertz CT molecular complexity index is 1140. The van der Waals surface area contributed by atoms with Crippen LogP contribution in [-0.4, -0.2) is 17.8 Å². The summed E-state index contributed by atoms with van der Waals surface area (Å²) < 4.78 is 6.03. The first-order valence-corrected chi connectivity index (χ1v) is 12.0. The quantitative estimate of drug-likeness (QED) is 0.526. The van der Waals surface area contributed by atoms with Crippen molar-refractivity contribution in [3.05, 3.63) is 57.5 Å².